The zero-order valence-corrected chi connectivity index (χ0v) is 14.5. The van der Waals surface area contributed by atoms with E-state index in [2.05, 4.69) is 17.9 Å². The van der Waals surface area contributed by atoms with E-state index in [9.17, 15) is 4.79 Å². The van der Waals surface area contributed by atoms with E-state index < -0.39 is 5.97 Å². The van der Waals surface area contributed by atoms with E-state index in [0.29, 0.717) is 0 Å². The Kier molecular flexibility index (Phi) is 16.1. The Morgan fingerprint density at radius 3 is 2.08 bits per heavy atom. The number of hydrogen-bond donors (Lipinski definition) is 2. The van der Waals surface area contributed by atoms with Crippen LogP contribution in [0.4, 0.5) is 0 Å². The summed E-state index contributed by atoms with van der Waals surface area (Å²) < 4.78 is 0. The van der Waals surface area contributed by atoms with Gasteiger partial charge in [0.15, 0.2) is 0 Å². The van der Waals surface area contributed by atoms with Crippen molar-refractivity contribution in [3.8, 4) is 0 Å². The molecule has 0 aromatic rings. The summed E-state index contributed by atoms with van der Waals surface area (Å²) in [5.41, 5.74) is 0. The molecule has 0 aromatic heterocycles. The number of carboxylic acid groups (broad SMARTS) is 1. The summed E-state index contributed by atoms with van der Waals surface area (Å²) in [5, 5.41) is 17.2. The van der Waals surface area contributed by atoms with E-state index in [4.69, 9.17) is 10.4 Å². The van der Waals surface area contributed by atoms with Gasteiger partial charge in [0.25, 0.3) is 0 Å². The van der Waals surface area contributed by atoms with Crippen molar-refractivity contribution in [2.45, 2.75) is 58.0 Å². The predicted molar refractivity (Wildman–Crippen MR) is 98.8 cm³/mol. The molecule has 1 unspecified atom stereocenters. The number of aliphatic carboxylic acids is 1. The third-order valence-corrected chi connectivity index (χ3v) is 3.33. The van der Waals surface area contributed by atoms with Crippen LogP contribution in [0.2, 0.25) is 0 Å². The van der Waals surface area contributed by atoms with Gasteiger partial charge in [0, 0.05) is 6.08 Å². The van der Waals surface area contributed by atoms with Crippen LogP contribution < -0.4 is 0 Å². The Morgan fingerprint density at radius 2 is 1.50 bits per heavy atom. The number of carboxylic acids is 1. The molecule has 2 N–H and O–H groups in total. The Bertz CT molecular complexity index is 445. The number of unbranched alkanes of at least 4 members (excludes halogenated alkanes) is 3. The summed E-state index contributed by atoms with van der Waals surface area (Å²) in [5.74, 6) is -0.952. The average Bonchev–Trinajstić information content (AvgIpc) is 2.57. The van der Waals surface area contributed by atoms with Crippen molar-refractivity contribution in [3.63, 3.8) is 0 Å². The van der Waals surface area contributed by atoms with Gasteiger partial charge in [-0.15, -0.1) is 0 Å². The van der Waals surface area contributed by atoms with E-state index in [1.807, 2.05) is 30.4 Å². The lowest BCUT2D eigenvalue weighted by molar-refractivity contribution is -0.281. The van der Waals surface area contributed by atoms with Crippen molar-refractivity contribution in [3.05, 3.63) is 60.8 Å². The molecule has 0 aliphatic rings. The SMILES string of the molecule is CCCCCC(CCCC=CC=CC=CC=CC=CC(=O)O)OO. The highest BCUT2D eigenvalue weighted by Crippen LogP contribution is 2.12. The molecule has 0 heterocycles. The van der Waals surface area contributed by atoms with Crippen LogP contribution in [-0.4, -0.2) is 22.4 Å². The maximum atomic E-state index is 10.2. The van der Waals surface area contributed by atoms with Crippen molar-refractivity contribution in [1.29, 1.82) is 0 Å². The molecule has 0 rings (SSSR count). The summed E-state index contributed by atoms with van der Waals surface area (Å²) in [6.07, 6.45) is 24.8. The Hall–Kier alpha value is -1.91. The molecule has 0 aromatic carbocycles. The number of allylic oxidation sites excluding steroid dienone is 9. The number of carbonyl (C=O) groups is 1. The van der Waals surface area contributed by atoms with E-state index in [1.165, 1.54) is 18.9 Å². The second-order valence-corrected chi connectivity index (χ2v) is 5.43. The molecule has 134 valence electrons. The van der Waals surface area contributed by atoms with E-state index >= 15 is 0 Å². The van der Waals surface area contributed by atoms with Crippen LogP contribution in [0.1, 0.15) is 51.9 Å². The zero-order chi connectivity index (χ0) is 17.9. The summed E-state index contributed by atoms with van der Waals surface area (Å²) in [7, 11) is 0. The average molecular weight is 334 g/mol. The second-order valence-electron chi connectivity index (χ2n) is 5.43. The molecule has 0 saturated heterocycles. The molecule has 0 aliphatic heterocycles. The van der Waals surface area contributed by atoms with Gasteiger partial charge in [0.2, 0.25) is 0 Å². The lowest BCUT2D eigenvalue weighted by Crippen LogP contribution is -2.10. The van der Waals surface area contributed by atoms with Gasteiger partial charge in [0.1, 0.15) is 0 Å². The molecular weight excluding hydrogens is 304 g/mol. The fraction of sp³-hybridized carbons (Fsp3) is 0.450. The minimum atomic E-state index is -0.952. The van der Waals surface area contributed by atoms with Crippen molar-refractivity contribution in [2.24, 2.45) is 0 Å². The quantitative estimate of drug-likeness (QED) is 0.145. The van der Waals surface area contributed by atoms with Gasteiger partial charge in [-0.1, -0.05) is 80.9 Å². The van der Waals surface area contributed by atoms with E-state index in [1.54, 1.807) is 12.2 Å². The number of hydrogen-bond acceptors (Lipinski definition) is 3. The molecule has 0 amide bonds. The van der Waals surface area contributed by atoms with Gasteiger partial charge < -0.3 is 5.11 Å². The fourth-order valence-electron chi connectivity index (χ4n) is 2.03. The van der Waals surface area contributed by atoms with Crippen molar-refractivity contribution in [1.82, 2.24) is 0 Å². The van der Waals surface area contributed by atoms with Gasteiger partial charge in [0.05, 0.1) is 6.10 Å². The van der Waals surface area contributed by atoms with Gasteiger partial charge in [-0.2, -0.15) is 0 Å². The smallest absolute Gasteiger partial charge is 0.328 e. The molecule has 1 atom stereocenters. The summed E-state index contributed by atoms with van der Waals surface area (Å²) >= 11 is 0. The molecule has 0 bridgehead atoms. The van der Waals surface area contributed by atoms with Crippen molar-refractivity contribution < 1.29 is 20.0 Å². The lowest BCUT2D eigenvalue weighted by atomic mass is 10.1. The molecule has 24 heavy (non-hydrogen) atoms. The van der Waals surface area contributed by atoms with Crippen LogP contribution in [-0.2, 0) is 9.68 Å². The van der Waals surface area contributed by atoms with Gasteiger partial charge in [-0.3, -0.25) is 5.26 Å². The second kappa shape index (κ2) is 17.4. The maximum Gasteiger partial charge on any atom is 0.328 e. The zero-order valence-electron chi connectivity index (χ0n) is 14.5. The molecular formula is C20H30O4. The first-order chi connectivity index (χ1) is 11.7. The normalized spacial score (nSPS) is 14.1. The van der Waals surface area contributed by atoms with Gasteiger partial charge >= 0.3 is 5.97 Å². The monoisotopic (exact) mass is 334 g/mol. The predicted octanol–water partition coefficient (Wildman–Crippen LogP) is 5.46. The van der Waals surface area contributed by atoms with Crippen molar-refractivity contribution in [2.75, 3.05) is 0 Å². The highest BCUT2D eigenvalue weighted by atomic mass is 17.1. The van der Waals surface area contributed by atoms with Crippen LogP contribution in [0.25, 0.3) is 0 Å². The summed E-state index contributed by atoms with van der Waals surface area (Å²) in [6.45, 7) is 2.16. The van der Waals surface area contributed by atoms with Crippen LogP contribution in [0.5, 0.6) is 0 Å². The molecule has 0 saturated carbocycles. The minimum absolute atomic E-state index is 0.0367. The fourth-order valence-corrected chi connectivity index (χ4v) is 2.03. The standard InChI is InChI=1S/C20H30O4/c1-2-3-13-16-19(24-23)17-14-11-9-7-5-4-6-8-10-12-15-18-20(21)22/h4-10,12,15,18-19,23H,2-3,11,13-14,16-17H2,1H3,(H,21,22). The van der Waals surface area contributed by atoms with Gasteiger partial charge in [-0.05, 0) is 25.7 Å². The molecule has 0 fully saturated rings. The third kappa shape index (κ3) is 16.5. The summed E-state index contributed by atoms with van der Waals surface area (Å²) in [6, 6.07) is 0. The Balaban J connectivity index is 3.74. The highest BCUT2D eigenvalue weighted by molar-refractivity contribution is 5.80. The molecule has 0 aliphatic carbocycles. The first-order valence-corrected chi connectivity index (χ1v) is 8.57. The van der Waals surface area contributed by atoms with Crippen LogP contribution >= 0.6 is 0 Å². The maximum absolute atomic E-state index is 10.2. The Morgan fingerprint density at radius 1 is 0.917 bits per heavy atom. The number of rotatable bonds is 14. The van der Waals surface area contributed by atoms with Crippen LogP contribution in [0.3, 0.4) is 0 Å². The van der Waals surface area contributed by atoms with E-state index in [-0.39, 0.29) is 6.10 Å². The summed E-state index contributed by atoms with van der Waals surface area (Å²) in [4.78, 5) is 14.7. The third-order valence-electron chi connectivity index (χ3n) is 3.33. The van der Waals surface area contributed by atoms with E-state index in [0.717, 1.165) is 38.2 Å². The van der Waals surface area contributed by atoms with Crippen LogP contribution in [0.15, 0.2) is 60.8 Å². The topological polar surface area (TPSA) is 66.8 Å². The molecule has 0 radical (unpaired) electrons. The molecule has 4 heteroatoms. The van der Waals surface area contributed by atoms with Crippen LogP contribution in [0, 0.1) is 0 Å². The molecule has 4 nitrogen and oxygen atoms in total. The minimum Gasteiger partial charge on any atom is -0.478 e. The first-order valence-electron chi connectivity index (χ1n) is 8.57. The largest absolute Gasteiger partial charge is 0.478 e. The highest BCUT2D eigenvalue weighted by Gasteiger charge is 2.07. The lowest BCUT2D eigenvalue weighted by Gasteiger charge is -2.11. The first kappa shape index (κ1) is 22.1. The van der Waals surface area contributed by atoms with Crippen molar-refractivity contribution >= 4 is 5.97 Å². The Labute approximate surface area is 145 Å². The molecule has 0 spiro atoms. The van der Waals surface area contributed by atoms with Gasteiger partial charge in [-0.25, -0.2) is 9.68 Å².